The third-order valence-electron chi connectivity index (χ3n) is 3.03. The number of aromatic nitrogens is 2. The predicted octanol–water partition coefficient (Wildman–Crippen LogP) is 3.81. The number of hydrogen-bond acceptors (Lipinski definition) is 2. The summed E-state index contributed by atoms with van der Waals surface area (Å²) >= 11 is 5.99. The Morgan fingerprint density at radius 1 is 1.47 bits per heavy atom. The average molecular weight is 253 g/mol. The summed E-state index contributed by atoms with van der Waals surface area (Å²) in [6.45, 7) is 4.88. The Kier molecular flexibility index (Phi) is 3.69. The van der Waals surface area contributed by atoms with E-state index >= 15 is 0 Å². The molecule has 2 aromatic rings. The molecule has 0 N–H and O–H groups in total. The molecular formula is C13H17ClN2O. The summed E-state index contributed by atoms with van der Waals surface area (Å²) in [6.07, 6.45) is 1.06. The van der Waals surface area contributed by atoms with Crippen LogP contribution in [0, 0.1) is 0 Å². The van der Waals surface area contributed by atoms with Gasteiger partial charge in [-0.3, -0.25) is 0 Å². The van der Waals surface area contributed by atoms with E-state index in [4.69, 9.17) is 16.3 Å². The van der Waals surface area contributed by atoms with Crippen LogP contribution in [0.2, 0.25) is 5.02 Å². The quantitative estimate of drug-likeness (QED) is 0.828. The van der Waals surface area contributed by atoms with Gasteiger partial charge in [-0.05, 0) is 31.5 Å². The van der Waals surface area contributed by atoms with Crippen molar-refractivity contribution in [2.75, 3.05) is 7.11 Å². The largest absolute Gasteiger partial charge is 0.377 e. The number of rotatable bonds is 4. The standard InChI is InChI=1S/C13H17ClN2O/c1-4-9(2)16-12-6-5-10(14)7-11(12)15-13(16)8-17-3/h5-7,9H,4,8H2,1-3H3. The molecule has 0 amide bonds. The summed E-state index contributed by atoms with van der Waals surface area (Å²) in [6, 6.07) is 6.23. The van der Waals surface area contributed by atoms with Gasteiger partial charge in [-0.15, -0.1) is 0 Å². The average Bonchev–Trinajstić information content (AvgIpc) is 2.65. The summed E-state index contributed by atoms with van der Waals surface area (Å²) in [4.78, 5) is 4.59. The number of nitrogens with zero attached hydrogens (tertiary/aromatic N) is 2. The van der Waals surface area contributed by atoms with E-state index in [1.165, 1.54) is 0 Å². The maximum absolute atomic E-state index is 5.99. The number of methoxy groups -OCH3 is 1. The Hall–Kier alpha value is -1.06. The fraction of sp³-hybridized carbons (Fsp3) is 0.462. The van der Waals surface area contributed by atoms with E-state index in [2.05, 4.69) is 23.4 Å². The van der Waals surface area contributed by atoms with Gasteiger partial charge in [-0.2, -0.15) is 0 Å². The zero-order chi connectivity index (χ0) is 12.4. The first-order chi connectivity index (χ1) is 8.17. The normalized spacial score (nSPS) is 13.2. The zero-order valence-corrected chi connectivity index (χ0v) is 11.2. The fourth-order valence-corrected chi connectivity index (χ4v) is 2.19. The molecule has 0 aliphatic rings. The number of fused-ring (bicyclic) bond motifs is 1. The Bertz CT molecular complexity index is 521. The minimum Gasteiger partial charge on any atom is -0.377 e. The van der Waals surface area contributed by atoms with Gasteiger partial charge in [0.05, 0.1) is 11.0 Å². The van der Waals surface area contributed by atoms with Gasteiger partial charge >= 0.3 is 0 Å². The number of hydrogen-bond donors (Lipinski definition) is 0. The van der Waals surface area contributed by atoms with Crippen LogP contribution in [0.15, 0.2) is 18.2 Å². The third kappa shape index (κ3) is 2.31. The SMILES string of the molecule is CCC(C)n1c(COC)nc2cc(Cl)ccc21. The van der Waals surface area contributed by atoms with Gasteiger partial charge in [0.2, 0.25) is 0 Å². The number of imidazole rings is 1. The Balaban J connectivity index is 2.62. The Morgan fingerprint density at radius 3 is 2.88 bits per heavy atom. The second kappa shape index (κ2) is 5.07. The molecule has 1 unspecified atom stereocenters. The van der Waals surface area contributed by atoms with Gasteiger partial charge in [0, 0.05) is 18.2 Å². The first-order valence-electron chi connectivity index (χ1n) is 5.82. The fourth-order valence-electron chi connectivity index (χ4n) is 2.03. The third-order valence-corrected chi connectivity index (χ3v) is 3.26. The van der Waals surface area contributed by atoms with E-state index in [1.807, 2.05) is 18.2 Å². The van der Waals surface area contributed by atoms with Gasteiger partial charge in [0.15, 0.2) is 0 Å². The Labute approximate surface area is 106 Å². The molecule has 1 atom stereocenters. The first kappa shape index (κ1) is 12.4. The smallest absolute Gasteiger partial charge is 0.136 e. The summed E-state index contributed by atoms with van der Waals surface area (Å²) < 4.78 is 7.44. The molecule has 1 heterocycles. The predicted molar refractivity (Wildman–Crippen MR) is 70.5 cm³/mol. The van der Waals surface area contributed by atoms with E-state index in [1.54, 1.807) is 7.11 Å². The molecule has 3 nitrogen and oxygen atoms in total. The van der Waals surface area contributed by atoms with Crippen molar-refractivity contribution in [1.82, 2.24) is 9.55 Å². The van der Waals surface area contributed by atoms with Crippen LogP contribution < -0.4 is 0 Å². The topological polar surface area (TPSA) is 27.1 Å². The highest BCUT2D eigenvalue weighted by Gasteiger charge is 2.14. The van der Waals surface area contributed by atoms with E-state index in [0.29, 0.717) is 12.6 Å². The van der Waals surface area contributed by atoms with Crippen molar-refractivity contribution in [2.45, 2.75) is 32.9 Å². The van der Waals surface area contributed by atoms with Gasteiger partial charge in [0.25, 0.3) is 0 Å². The summed E-state index contributed by atoms with van der Waals surface area (Å²) in [5.41, 5.74) is 2.06. The van der Waals surface area contributed by atoms with Crippen molar-refractivity contribution in [3.05, 3.63) is 29.0 Å². The first-order valence-corrected chi connectivity index (χ1v) is 6.20. The summed E-state index contributed by atoms with van der Waals surface area (Å²) in [7, 11) is 1.69. The van der Waals surface area contributed by atoms with Gasteiger partial charge in [-0.1, -0.05) is 18.5 Å². The van der Waals surface area contributed by atoms with Crippen molar-refractivity contribution < 1.29 is 4.74 Å². The van der Waals surface area contributed by atoms with Crippen LogP contribution in [-0.4, -0.2) is 16.7 Å². The highest BCUT2D eigenvalue weighted by atomic mass is 35.5. The van der Waals surface area contributed by atoms with Gasteiger partial charge < -0.3 is 9.30 Å². The molecule has 2 rings (SSSR count). The van der Waals surface area contributed by atoms with Crippen LogP contribution in [0.5, 0.6) is 0 Å². The van der Waals surface area contributed by atoms with Crippen molar-refractivity contribution in [2.24, 2.45) is 0 Å². The summed E-state index contributed by atoms with van der Waals surface area (Å²) in [5, 5.41) is 0.718. The molecule has 0 saturated heterocycles. The second-order valence-corrected chi connectivity index (χ2v) is 4.66. The highest BCUT2D eigenvalue weighted by molar-refractivity contribution is 6.31. The molecule has 92 valence electrons. The molecule has 0 aliphatic carbocycles. The lowest BCUT2D eigenvalue weighted by molar-refractivity contribution is 0.173. The minimum atomic E-state index is 0.409. The lowest BCUT2D eigenvalue weighted by Gasteiger charge is -2.15. The van der Waals surface area contributed by atoms with Crippen LogP contribution in [0.25, 0.3) is 11.0 Å². The van der Waals surface area contributed by atoms with Crippen LogP contribution in [0.3, 0.4) is 0 Å². The van der Waals surface area contributed by atoms with E-state index < -0.39 is 0 Å². The highest BCUT2D eigenvalue weighted by Crippen LogP contribution is 2.25. The molecule has 1 aromatic heterocycles. The van der Waals surface area contributed by atoms with Crippen molar-refractivity contribution in [1.29, 1.82) is 0 Å². The van der Waals surface area contributed by atoms with E-state index in [9.17, 15) is 0 Å². The maximum atomic E-state index is 5.99. The number of halogens is 1. The van der Waals surface area contributed by atoms with Crippen LogP contribution in [0.1, 0.15) is 32.1 Å². The van der Waals surface area contributed by atoms with Crippen molar-refractivity contribution >= 4 is 22.6 Å². The van der Waals surface area contributed by atoms with E-state index in [0.717, 1.165) is 28.3 Å². The summed E-state index contributed by atoms with van der Waals surface area (Å²) in [5.74, 6) is 0.958. The Morgan fingerprint density at radius 2 is 2.24 bits per heavy atom. The lowest BCUT2D eigenvalue weighted by Crippen LogP contribution is -2.09. The van der Waals surface area contributed by atoms with Gasteiger partial charge in [0.1, 0.15) is 12.4 Å². The maximum Gasteiger partial charge on any atom is 0.136 e. The second-order valence-electron chi connectivity index (χ2n) is 4.22. The monoisotopic (exact) mass is 252 g/mol. The number of benzene rings is 1. The molecule has 0 spiro atoms. The number of ether oxygens (including phenoxy) is 1. The van der Waals surface area contributed by atoms with Crippen molar-refractivity contribution in [3.8, 4) is 0 Å². The zero-order valence-electron chi connectivity index (χ0n) is 10.4. The molecule has 0 aliphatic heterocycles. The molecule has 0 radical (unpaired) electrons. The molecule has 4 heteroatoms. The lowest BCUT2D eigenvalue weighted by atomic mass is 10.2. The van der Waals surface area contributed by atoms with Crippen LogP contribution in [0.4, 0.5) is 0 Å². The molecule has 1 aromatic carbocycles. The van der Waals surface area contributed by atoms with Gasteiger partial charge in [-0.25, -0.2) is 4.98 Å². The molecule has 17 heavy (non-hydrogen) atoms. The van der Waals surface area contributed by atoms with E-state index in [-0.39, 0.29) is 0 Å². The molecule has 0 bridgehead atoms. The minimum absolute atomic E-state index is 0.409. The molecule has 0 fully saturated rings. The molecule has 0 saturated carbocycles. The van der Waals surface area contributed by atoms with Crippen LogP contribution >= 0.6 is 11.6 Å². The van der Waals surface area contributed by atoms with Crippen LogP contribution in [-0.2, 0) is 11.3 Å². The van der Waals surface area contributed by atoms with Crippen molar-refractivity contribution in [3.63, 3.8) is 0 Å². The molecular weight excluding hydrogens is 236 g/mol.